The summed E-state index contributed by atoms with van der Waals surface area (Å²) in [5, 5.41) is 22.4. The van der Waals surface area contributed by atoms with Crippen LogP contribution in [0, 0.1) is 0 Å². The highest BCUT2D eigenvalue weighted by molar-refractivity contribution is 5.87. The number of rotatable bonds is 5. The second-order valence-electron chi connectivity index (χ2n) is 10.4. The lowest BCUT2D eigenvalue weighted by atomic mass is 9.84. The Kier molecular flexibility index (Phi) is 6.29. The highest BCUT2D eigenvalue weighted by atomic mass is 19.3. The van der Waals surface area contributed by atoms with Crippen molar-refractivity contribution < 1.29 is 23.7 Å². The molecule has 4 atom stereocenters. The van der Waals surface area contributed by atoms with Crippen molar-refractivity contribution in [3.63, 3.8) is 0 Å². The number of likely N-dealkylation sites (tertiary alicyclic amines) is 2. The zero-order valence-corrected chi connectivity index (χ0v) is 20.3. The van der Waals surface area contributed by atoms with Crippen LogP contribution >= 0.6 is 0 Å². The van der Waals surface area contributed by atoms with Gasteiger partial charge in [-0.25, -0.2) is 23.7 Å². The van der Waals surface area contributed by atoms with E-state index in [1.54, 1.807) is 33.0 Å². The first-order valence-corrected chi connectivity index (χ1v) is 11.9. The minimum atomic E-state index is -2.78. The maximum atomic E-state index is 14.6. The Morgan fingerprint density at radius 1 is 1.23 bits per heavy atom. The number of aliphatic imine (C=N–C) groups is 1. The lowest BCUT2D eigenvalue weighted by Crippen LogP contribution is -2.54. The zero-order valence-electron chi connectivity index (χ0n) is 20.3. The monoisotopic (exact) mass is 493 g/mol. The number of aliphatic hydroxyl groups is 2. The fraction of sp³-hybridized carbons (Fsp3) is 0.696. The zero-order chi connectivity index (χ0) is 25.0. The Morgan fingerprint density at radius 3 is 2.69 bits per heavy atom. The van der Waals surface area contributed by atoms with E-state index in [1.807, 2.05) is 21.1 Å². The minimum Gasteiger partial charge on any atom is -0.387 e. The van der Waals surface area contributed by atoms with E-state index in [0.717, 1.165) is 13.1 Å². The molecule has 0 amide bonds. The van der Waals surface area contributed by atoms with Crippen LogP contribution in [0.5, 0.6) is 0 Å². The molecule has 3 saturated heterocycles. The lowest BCUT2D eigenvalue weighted by Gasteiger charge is -2.44. The summed E-state index contributed by atoms with van der Waals surface area (Å²) in [6, 6.07) is 1.78. The molecule has 5 heterocycles. The molecule has 35 heavy (non-hydrogen) atoms. The summed E-state index contributed by atoms with van der Waals surface area (Å²) < 4.78 is 36.9. The van der Waals surface area contributed by atoms with E-state index < -0.39 is 36.0 Å². The summed E-state index contributed by atoms with van der Waals surface area (Å²) in [6.07, 6.45) is 1.63. The van der Waals surface area contributed by atoms with Crippen molar-refractivity contribution in [2.75, 3.05) is 47.3 Å². The number of aromatic nitrogens is 3. The summed E-state index contributed by atoms with van der Waals surface area (Å²) >= 11 is 0. The highest BCUT2D eigenvalue weighted by Gasteiger charge is 2.57. The predicted molar refractivity (Wildman–Crippen MR) is 126 cm³/mol. The second kappa shape index (κ2) is 9.00. The predicted octanol–water partition coefficient (Wildman–Crippen LogP) is 1.08. The third-order valence-electron chi connectivity index (χ3n) is 7.51. The molecule has 192 valence electrons. The van der Waals surface area contributed by atoms with Crippen LogP contribution in [0.15, 0.2) is 23.6 Å². The topological polar surface area (TPSA) is 102 Å². The standard InChI is InChI=1S/C23H33F2N7O3/c1-29(2)14-28-19-15-4-7-32(20(15)27-13-26-19)21-18(34)17(33)16(35-21)10-31-12-23(24,25)11-22(31)5-8-30(3)9-6-22/h4,7,13-14,16-18,21,33-34H,5-6,8-12H2,1-3H3/b28-14+/t16-,17-,18-,21-/m1/s1. The molecular formula is C23H33F2N7O3. The fourth-order valence-corrected chi connectivity index (χ4v) is 5.65. The van der Waals surface area contributed by atoms with Gasteiger partial charge in [0.15, 0.2) is 12.0 Å². The van der Waals surface area contributed by atoms with Crippen molar-refractivity contribution in [3.8, 4) is 0 Å². The average Bonchev–Trinajstić information content (AvgIpc) is 3.42. The maximum Gasteiger partial charge on any atom is 0.262 e. The Labute approximate surface area is 202 Å². The Balaban J connectivity index is 1.37. The van der Waals surface area contributed by atoms with Gasteiger partial charge in [-0.1, -0.05) is 0 Å². The van der Waals surface area contributed by atoms with Gasteiger partial charge in [-0.05, 0) is 39.0 Å². The first-order valence-electron chi connectivity index (χ1n) is 11.9. The number of alkyl halides is 2. The Bertz CT molecular complexity index is 1090. The normalized spacial score (nSPS) is 31.3. The molecule has 3 aliphatic heterocycles. The van der Waals surface area contributed by atoms with E-state index in [4.69, 9.17) is 4.74 Å². The van der Waals surface area contributed by atoms with Crippen molar-refractivity contribution in [2.24, 2.45) is 4.99 Å². The molecule has 3 aliphatic rings. The third kappa shape index (κ3) is 4.53. The summed E-state index contributed by atoms with van der Waals surface area (Å²) in [7, 11) is 5.70. The molecule has 1 spiro atoms. The number of hydrogen-bond donors (Lipinski definition) is 2. The average molecular weight is 494 g/mol. The number of ether oxygens (including phenoxy) is 1. The van der Waals surface area contributed by atoms with E-state index in [2.05, 4.69) is 19.9 Å². The molecule has 12 heteroatoms. The smallest absolute Gasteiger partial charge is 0.262 e. The molecule has 0 bridgehead atoms. The molecule has 5 rings (SSSR count). The van der Waals surface area contributed by atoms with Crippen molar-refractivity contribution in [1.29, 1.82) is 0 Å². The minimum absolute atomic E-state index is 0.126. The van der Waals surface area contributed by atoms with Crippen molar-refractivity contribution in [3.05, 3.63) is 18.6 Å². The molecule has 2 N–H and O–H groups in total. The molecule has 0 unspecified atom stereocenters. The van der Waals surface area contributed by atoms with Gasteiger partial charge >= 0.3 is 0 Å². The van der Waals surface area contributed by atoms with Gasteiger partial charge in [-0.3, -0.25) is 4.90 Å². The number of nitrogens with zero attached hydrogens (tertiary/aromatic N) is 7. The lowest BCUT2D eigenvalue weighted by molar-refractivity contribution is -0.0583. The van der Waals surface area contributed by atoms with Gasteiger partial charge in [0.25, 0.3) is 5.92 Å². The van der Waals surface area contributed by atoms with E-state index in [-0.39, 0.29) is 19.5 Å². The Morgan fingerprint density at radius 2 is 1.97 bits per heavy atom. The first kappa shape index (κ1) is 24.4. The first-order chi connectivity index (χ1) is 16.6. The van der Waals surface area contributed by atoms with E-state index >= 15 is 0 Å². The Hall–Kier alpha value is -2.25. The molecule has 2 aromatic rings. The summed E-state index contributed by atoms with van der Waals surface area (Å²) in [4.78, 5) is 18.6. The van der Waals surface area contributed by atoms with Gasteiger partial charge in [0.2, 0.25) is 0 Å². The quantitative estimate of drug-likeness (QED) is 0.471. The van der Waals surface area contributed by atoms with Crippen LogP contribution in [0.3, 0.4) is 0 Å². The maximum absolute atomic E-state index is 14.6. The molecular weight excluding hydrogens is 460 g/mol. The number of fused-ring (bicyclic) bond motifs is 1. The van der Waals surface area contributed by atoms with Crippen molar-refractivity contribution >= 4 is 23.2 Å². The van der Waals surface area contributed by atoms with Gasteiger partial charge in [0.1, 0.15) is 30.3 Å². The van der Waals surface area contributed by atoms with Gasteiger partial charge in [-0.15, -0.1) is 0 Å². The van der Waals surface area contributed by atoms with Crippen LogP contribution in [-0.2, 0) is 4.74 Å². The van der Waals surface area contributed by atoms with Crippen LogP contribution in [0.1, 0.15) is 25.5 Å². The van der Waals surface area contributed by atoms with Crippen molar-refractivity contribution in [1.82, 2.24) is 29.2 Å². The number of hydrogen-bond acceptors (Lipinski definition) is 8. The van der Waals surface area contributed by atoms with Crippen LogP contribution in [0.4, 0.5) is 14.6 Å². The third-order valence-corrected chi connectivity index (χ3v) is 7.51. The molecule has 0 aromatic carbocycles. The van der Waals surface area contributed by atoms with Crippen LogP contribution in [0.2, 0.25) is 0 Å². The molecule has 0 saturated carbocycles. The molecule has 10 nitrogen and oxygen atoms in total. The summed E-state index contributed by atoms with van der Waals surface area (Å²) in [6.45, 7) is 1.26. The molecule has 0 radical (unpaired) electrons. The molecule has 0 aliphatic carbocycles. The van der Waals surface area contributed by atoms with Gasteiger partial charge in [0, 0.05) is 38.8 Å². The molecule has 3 fully saturated rings. The number of piperidine rings is 1. The largest absolute Gasteiger partial charge is 0.387 e. The number of halogens is 2. The van der Waals surface area contributed by atoms with Crippen LogP contribution in [0.25, 0.3) is 11.0 Å². The van der Waals surface area contributed by atoms with Crippen molar-refractivity contribution in [2.45, 2.75) is 55.3 Å². The van der Waals surface area contributed by atoms with E-state index in [0.29, 0.717) is 29.7 Å². The number of aliphatic hydroxyl groups excluding tert-OH is 2. The fourth-order valence-electron chi connectivity index (χ4n) is 5.65. The highest BCUT2D eigenvalue weighted by Crippen LogP contribution is 2.46. The van der Waals surface area contributed by atoms with Crippen LogP contribution in [-0.4, -0.2) is 123 Å². The van der Waals surface area contributed by atoms with Gasteiger partial charge < -0.3 is 29.3 Å². The SMILES string of the molecule is CN(C)/C=N/c1ncnc2c1ccn2[C@@H]1O[C@H](CN2CC(F)(F)CC23CCN(C)CC3)[C@@H](O)[C@H]1O. The summed E-state index contributed by atoms with van der Waals surface area (Å²) in [5.74, 6) is -2.32. The summed E-state index contributed by atoms with van der Waals surface area (Å²) in [5.41, 5.74) is -0.114. The second-order valence-corrected chi connectivity index (χ2v) is 10.4. The van der Waals surface area contributed by atoms with Gasteiger partial charge in [0.05, 0.1) is 18.3 Å². The van der Waals surface area contributed by atoms with E-state index in [1.165, 1.54) is 6.33 Å². The van der Waals surface area contributed by atoms with Crippen LogP contribution < -0.4 is 0 Å². The van der Waals surface area contributed by atoms with Gasteiger partial charge in [-0.2, -0.15) is 0 Å². The van der Waals surface area contributed by atoms with E-state index in [9.17, 15) is 19.0 Å². The molecule has 2 aromatic heterocycles.